The minimum atomic E-state index is -3.14. The number of aromatic nitrogens is 4. The van der Waals surface area contributed by atoms with Crippen LogP contribution in [0.25, 0.3) is 5.65 Å². The molecule has 0 bridgehead atoms. The van der Waals surface area contributed by atoms with E-state index in [1.165, 1.54) is 4.57 Å². The van der Waals surface area contributed by atoms with Crippen molar-refractivity contribution >= 4 is 17.6 Å². The van der Waals surface area contributed by atoms with Gasteiger partial charge in [0, 0.05) is 24.7 Å². The standard InChI is InChI=1S/C33H40F2N6O5/c1-21(2)27(39(29(42)24-15-13-22(3)14-16-24)18-10-17-36-31(43)46-33(4,5)6)28-37-25-19-26(45-30(34)35)38-41(25)32(44)40(28)20-23-11-8-7-9-12-23/h7-9,11-16,19,21,27,30H,10,17-18,20H2,1-6H3,(H,36,43). The van der Waals surface area contributed by atoms with E-state index in [-0.39, 0.29) is 42.9 Å². The van der Waals surface area contributed by atoms with Crippen LogP contribution in [0.15, 0.2) is 65.5 Å². The van der Waals surface area contributed by atoms with Crippen molar-refractivity contribution in [1.82, 2.24) is 29.4 Å². The summed E-state index contributed by atoms with van der Waals surface area (Å²) in [6.07, 6.45) is -0.208. The topological polar surface area (TPSA) is 120 Å². The van der Waals surface area contributed by atoms with Crippen molar-refractivity contribution in [2.45, 2.75) is 72.8 Å². The molecule has 0 fully saturated rings. The number of alkyl carbamates (subject to hydrolysis) is 1. The number of aryl methyl sites for hydroxylation is 1. The molecule has 0 aliphatic carbocycles. The number of hydrogen-bond donors (Lipinski definition) is 1. The maximum absolute atomic E-state index is 14.2. The summed E-state index contributed by atoms with van der Waals surface area (Å²) < 4.78 is 38.2. The molecule has 2 heterocycles. The van der Waals surface area contributed by atoms with Crippen LogP contribution in [0.5, 0.6) is 5.88 Å². The summed E-state index contributed by atoms with van der Waals surface area (Å²) in [5.74, 6) is -0.763. The third-order valence-corrected chi connectivity index (χ3v) is 7.01. The Morgan fingerprint density at radius 1 is 1.04 bits per heavy atom. The summed E-state index contributed by atoms with van der Waals surface area (Å²) in [5, 5.41) is 6.65. The van der Waals surface area contributed by atoms with Gasteiger partial charge in [0.05, 0.1) is 12.6 Å². The van der Waals surface area contributed by atoms with Gasteiger partial charge in [-0.15, -0.1) is 5.10 Å². The summed E-state index contributed by atoms with van der Waals surface area (Å²) in [6, 6.07) is 16.8. The highest BCUT2D eigenvalue weighted by molar-refractivity contribution is 5.94. The number of nitrogens with one attached hydrogen (secondary N) is 1. The second-order valence-electron chi connectivity index (χ2n) is 12.3. The predicted octanol–water partition coefficient (Wildman–Crippen LogP) is 5.60. The van der Waals surface area contributed by atoms with E-state index in [1.807, 2.05) is 63.2 Å². The number of fused-ring (bicyclic) bond motifs is 1. The Labute approximate surface area is 266 Å². The van der Waals surface area contributed by atoms with Crippen molar-refractivity contribution < 1.29 is 27.8 Å². The number of hydrogen-bond acceptors (Lipinski definition) is 7. The highest BCUT2D eigenvalue weighted by Gasteiger charge is 2.33. The predicted molar refractivity (Wildman–Crippen MR) is 168 cm³/mol. The minimum absolute atomic E-state index is 0.0000565. The van der Waals surface area contributed by atoms with Crippen LogP contribution in [0.4, 0.5) is 13.6 Å². The van der Waals surface area contributed by atoms with Crippen LogP contribution < -0.4 is 15.7 Å². The van der Waals surface area contributed by atoms with Crippen LogP contribution in [0.3, 0.4) is 0 Å². The number of amides is 2. The second-order valence-corrected chi connectivity index (χ2v) is 12.3. The fourth-order valence-electron chi connectivity index (χ4n) is 5.03. The molecule has 0 spiro atoms. The second kappa shape index (κ2) is 14.5. The van der Waals surface area contributed by atoms with Crippen molar-refractivity contribution in [3.05, 3.63) is 93.7 Å². The molecule has 1 N–H and O–H groups in total. The zero-order chi connectivity index (χ0) is 33.6. The maximum Gasteiger partial charge on any atom is 0.407 e. The molecule has 1 unspecified atom stereocenters. The molecule has 4 rings (SSSR count). The molecule has 246 valence electrons. The number of alkyl halides is 2. The number of nitrogens with zero attached hydrogens (tertiary/aromatic N) is 5. The van der Waals surface area contributed by atoms with Gasteiger partial charge in [-0.25, -0.2) is 14.6 Å². The van der Waals surface area contributed by atoms with Crippen LogP contribution in [-0.4, -0.2) is 61.4 Å². The Hall–Kier alpha value is -4.81. The average molecular weight is 639 g/mol. The summed E-state index contributed by atoms with van der Waals surface area (Å²) in [6.45, 7) is 8.39. The minimum Gasteiger partial charge on any atom is -0.444 e. The third kappa shape index (κ3) is 8.67. The molecule has 0 saturated carbocycles. The SMILES string of the molecule is Cc1ccc(C(=O)N(CCCNC(=O)OC(C)(C)C)C(c2nc3cc(OC(F)F)nn3c(=O)n2Cc2ccccc2)C(C)C)cc1. The average Bonchev–Trinajstić information content (AvgIpc) is 3.37. The Balaban J connectivity index is 1.80. The quantitative estimate of drug-likeness (QED) is 0.201. The van der Waals surface area contributed by atoms with Gasteiger partial charge in [-0.1, -0.05) is 61.9 Å². The lowest BCUT2D eigenvalue weighted by Crippen LogP contribution is -2.43. The monoisotopic (exact) mass is 638 g/mol. The molecular weight excluding hydrogens is 598 g/mol. The van der Waals surface area contributed by atoms with Crippen molar-refractivity contribution in [3.63, 3.8) is 0 Å². The lowest BCUT2D eigenvalue weighted by molar-refractivity contribution is -0.0530. The van der Waals surface area contributed by atoms with E-state index in [0.717, 1.165) is 21.7 Å². The van der Waals surface area contributed by atoms with Crippen molar-refractivity contribution in [3.8, 4) is 5.88 Å². The Morgan fingerprint density at radius 3 is 2.33 bits per heavy atom. The molecule has 2 amide bonds. The van der Waals surface area contributed by atoms with E-state index in [4.69, 9.17) is 9.72 Å². The summed E-state index contributed by atoms with van der Waals surface area (Å²) in [7, 11) is 0. The lowest BCUT2D eigenvalue weighted by Gasteiger charge is -2.35. The first-order valence-electron chi connectivity index (χ1n) is 15.1. The van der Waals surface area contributed by atoms with Crippen LogP contribution in [0, 0.1) is 12.8 Å². The van der Waals surface area contributed by atoms with E-state index in [1.54, 1.807) is 37.8 Å². The van der Waals surface area contributed by atoms with Crippen LogP contribution in [-0.2, 0) is 11.3 Å². The molecule has 0 aliphatic rings. The van der Waals surface area contributed by atoms with Crippen LogP contribution in [0.1, 0.15) is 74.4 Å². The van der Waals surface area contributed by atoms with Crippen molar-refractivity contribution in [1.29, 1.82) is 0 Å². The maximum atomic E-state index is 14.2. The van der Waals surface area contributed by atoms with Gasteiger partial charge < -0.3 is 19.7 Å². The number of halogens is 2. The largest absolute Gasteiger partial charge is 0.444 e. The van der Waals surface area contributed by atoms with Gasteiger partial charge in [-0.05, 0) is 57.7 Å². The molecule has 11 nitrogen and oxygen atoms in total. The molecule has 0 radical (unpaired) electrons. The fourth-order valence-corrected chi connectivity index (χ4v) is 5.03. The first-order chi connectivity index (χ1) is 21.7. The molecule has 46 heavy (non-hydrogen) atoms. The summed E-state index contributed by atoms with van der Waals surface area (Å²) >= 11 is 0. The highest BCUT2D eigenvalue weighted by atomic mass is 19.3. The van der Waals surface area contributed by atoms with Gasteiger partial charge in [0.25, 0.3) is 5.91 Å². The molecule has 0 aliphatic heterocycles. The smallest absolute Gasteiger partial charge is 0.407 e. The van der Waals surface area contributed by atoms with Gasteiger partial charge in [0.1, 0.15) is 11.4 Å². The molecule has 4 aromatic rings. The number of rotatable bonds is 12. The van der Waals surface area contributed by atoms with Gasteiger partial charge in [-0.2, -0.15) is 13.3 Å². The Bertz CT molecular complexity index is 1700. The van der Waals surface area contributed by atoms with Gasteiger partial charge in [-0.3, -0.25) is 9.36 Å². The molecular formula is C33H40F2N6O5. The lowest BCUT2D eigenvalue weighted by atomic mass is 9.99. The van der Waals surface area contributed by atoms with Crippen molar-refractivity contribution in [2.75, 3.05) is 13.1 Å². The number of ether oxygens (including phenoxy) is 2. The number of carbonyl (C=O) groups is 2. The van der Waals surface area contributed by atoms with E-state index < -0.39 is 35.9 Å². The van der Waals surface area contributed by atoms with E-state index in [9.17, 15) is 23.2 Å². The molecule has 1 atom stereocenters. The molecule has 13 heteroatoms. The zero-order valence-electron chi connectivity index (χ0n) is 26.9. The van der Waals surface area contributed by atoms with Crippen LogP contribution in [0.2, 0.25) is 0 Å². The van der Waals surface area contributed by atoms with E-state index in [0.29, 0.717) is 12.0 Å². The number of carbonyl (C=O) groups excluding carboxylic acids is 2. The van der Waals surface area contributed by atoms with Crippen LogP contribution >= 0.6 is 0 Å². The Morgan fingerprint density at radius 2 is 1.72 bits per heavy atom. The van der Waals surface area contributed by atoms with Gasteiger partial charge in [0.2, 0.25) is 5.88 Å². The zero-order valence-corrected chi connectivity index (χ0v) is 26.9. The third-order valence-electron chi connectivity index (χ3n) is 7.01. The normalized spacial score (nSPS) is 12.4. The van der Waals surface area contributed by atoms with Gasteiger partial charge >= 0.3 is 18.4 Å². The van der Waals surface area contributed by atoms with E-state index in [2.05, 4.69) is 15.2 Å². The Kier molecular flexibility index (Phi) is 10.8. The first-order valence-corrected chi connectivity index (χ1v) is 15.1. The molecule has 2 aromatic carbocycles. The van der Waals surface area contributed by atoms with Crippen molar-refractivity contribution in [2.24, 2.45) is 5.92 Å². The summed E-state index contributed by atoms with van der Waals surface area (Å²) in [5.41, 5.74) is 0.903. The highest BCUT2D eigenvalue weighted by Crippen LogP contribution is 2.30. The molecule has 2 aromatic heterocycles. The first kappa shape index (κ1) is 34.1. The van der Waals surface area contributed by atoms with Gasteiger partial charge in [0.15, 0.2) is 5.65 Å². The fraction of sp³-hybridized carbons (Fsp3) is 0.424. The molecule has 0 saturated heterocycles. The number of benzene rings is 2. The summed E-state index contributed by atoms with van der Waals surface area (Å²) in [4.78, 5) is 46.8. The van der Waals surface area contributed by atoms with E-state index >= 15 is 0 Å².